The molecule has 2 rings (SSSR count). The van der Waals surface area contributed by atoms with Crippen LogP contribution in [0.3, 0.4) is 0 Å². The summed E-state index contributed by atoms with van der Waals surface area (Å²) < 4.78 is 4.68. The van der Waals surface area contributed by atoms with Crippen LogP contribution < -0.4 is 11.1 Å². The molecule has 3 N–H and O–H groups in total. The fraction of sp³-hybridized carbons (Fsp3) is 0.231. The quantitative estimate of drug-likeness (QED) is 0.840. The van der Waals surface area contributed by atoms with Crippen molar-refractivity contribution >= 4 is 28.0 Å². The molecule has 0 spiro atoms. The summed E-state index contributed by atoms with van der Waals surface area (Å²) >= 11 is 1.29. The molecule has 0 radical (unpaired) electrons. The Balaban J connectivity index is 2.14. The number of pyridine rings is 1. The van der Waals surface area contributed by atoms with Crippen molar-refractivity contribution in [3.8, 4) is 0 Å². The van der Waals surface area contributed by atoms with E-state index in [1.54, 1.807) is 18.5 Å². The van der Waals surface area contributed by atoms with Gasteiger partial charge in [-0.3, -0.25) is 4.98 Å². The van der Waals surface area contributed by atoms with Crippen LogP contribution in [0.4, 0.5) is 10.7 Å². The first kappa shape index (κ1) is 13.4. The molecule has 0 aliphatic rings. The van der Waals surface area contributed by atoms with Crippen molar-refractivity contribution in [3.05, 3.63) is 41.0 Å². The average molecular weight is 277 g/mol. The second-order valence-corrected chi connectivity index (χ2v) is 5.09. The number of hydrogen-bond donors (Lipinski definition) is 2. The van der Waals surface area contributed by atoms with E-state index in [-0.39, 0.29) is 6.04 Å². The molecule has 1 unspecified atom stereocenters. The van der Waals surface area contributed by atoms with Gasteiger partial charge in [0.2, 0.25) is 0 Å². The number of hydrogen-bond acceptors (Lipinski definition) is 6. The zero-order valence-electron chi connectivity index (χ0n) is 10.7. The monoisotopic (exact) mass is 277 g/mol. The van der Waals surface area contributed by atoms with Gasteiger partial charge >= 0.3 is 5.97 Å². The molecular formula is C13H15N3O2S. The number of aromatic nitrogens is 1. The van der Waals surface area contributed by atoms with E-state index in [1.165, 1.54) is 18.4 Å². The highest BCUT2D eigenvalue weighted by Gasteiger charge is 2.16. The lowest BCUT2D eigenvalue weighted by molar-refractivity contribution is 0.0607. The number of carbonyl (C=O) groups is 1. The molecule has 1 atom stereocenters. The van der Waals surface area contributed by atoms with E-state index < -0.39 is 5.97 Å². The van der Waals surface area contributed by atoms with Gasteiger partial charge in [0, 0.05) is 18.4 Å². The van der Waals surface area contributed by atoms with Crippen molar-refractivity contribution in [3.63, 3.8) is 0 Å². The maximum absolute atomic E-state index is 11.5. The highest BCUT2D eigenvalue weighted by atomic mass is 32.1. The van der Waals surface area contributed by atoms with Crippen LogP contribution in [0.5, 0.6) is 0 Å². The van der Waals surface area contributed by atoms with Crippen LogP contribution >= 0.6 is 11.3 Å². The number of nitrogen functional groups attached to an aromatic ring is 1. The van der Waals surface area contributed by atoms with E-state index in [0.29, 0.717) is 10.6 Å². The molecule has 0 bridgehead atoms. The minimum atomic E-state index is -0.410. The average Bonchev–Trinajstić information content (AvgIpc) is 2.79. The Bertz CT molecular complexity index is 569. The largest absolute Gasteiger partial charge is 0.465 e. The van der Waals surface area contributed by atoms with Gasteiger partial charge in [-0.15, -0.1) is 11.3 Å². The van der Waals surface area contributed by atoms with Crippen molar-refractivity contribution in [2.75, 3.05) is 18.2 Å². The normalized spacial score (nSPS) is 11.9. The van der Waals surface area contributed by atoms with E-state index >= 15 is 0 Å². The third-order valence-electron chi connectivity index (χ3n) is 2.70. The molecule has 100 valence electrons. The lowest BCUT2D eigenvalue weighted by atomic mass is 10.1. The summed E-state index contributed by atoms with van der Waals surface area (Å²) in [6.45, 7) is 2.03. The number of thiophene rings is 1. The summed E-state index contributed by atoms with van der Waals surface area (Å²) in [4.78, 5) is 15.9. The number of rotatable bonds is 4. The Morgan fingerprint density at radius 2 is 2.16 bits per heavy atom. The lowest BCUT2D eigenvalue weighted by Gasteiger charge is -2.13. The standard InChI is InChI=1S/C13H15N3O2S/c1-8(9-3-5-15-6-4-9)16-11-7-10(14)12(19-11)13(17)18-2/h3-8,16H,14H2,1-2H3. The van der Waals surface area contributed by atoms with Gasteiger partial charge in [0.1, 0.15) is 4.88 Å². The van der Waals surface area contributed by atoms with Crippen LogP contribution in [0, 0.1) is 0 Å². The molecule has 2 heterocycles. The molecule has 0 aliphatic heterocycles. The predicted molar refractivity (Wildman–Crippen MR) is 76.3 cm³/mol. The molecule has 0 saturated carbocycles. The Morgan fingerprint density at radius 1 is 1.47 bits per heavy atom. The number of carbonyl (C=O) groups excluding carboxylic acids is 1. The van der Waals surface area contributed by atoms with E-state index in [1.807, 2.05) is 19.1 Å². The van der Waals surface area contributed by atoms with Crippen molar-refractivity contribution < 1.29 is 9.53 Å². The summed E-state index contributed by atoms with van der Waals surface area (Å²) in [5, 5.41) is 4.14. The van der Waals surface area contributed by atoms with Gasteiger partial charge in [0.25, 0.3) is 0 Å². The van der Waals surface area contributed by atoms with Crippen LogP contribution in [0.2, 0.25) is 0 Å². The Labute approximate surface area is 115 Å². The van der Waals surface area contributed by atoms with Crippen molar-refractivity contribution in [2.24, 2.45) is 0 Å². The Morgan fingerprint density at radius 3 is 2.79 bits per heavy atom. The third kappa shape index (κ3) is 3.03. The number of nitrogens with zero attached hydrogens (tertiary/aromatic N) is 1. The second-order valence-electron chi connectivity index (χ2n) is 4.03. The summed E-state index contributed by atoms with van der Waals surface area (Å²) in [5.74, 6) is -0.410. The number of ether oxygens (including phenoxy) is 1. The molecule has 5 nitrogen and oxygen atoms in total. The van der Waals surface area contributed by atoms with Crippen LogP contribution in [-0.4, -0.2) is 18.1 Å². The van der Waals surface area contributed by atoms with Gasteiger partial charge in [-0.2, -0.15) is 0 Å². The Hall–Kier alpha value is -2.08. The smallest absolute Gasteiger partial charge is 0.350 e. The van der Waals surface area contributed by atoms with Crippen LogP contribution in [0.25, 0.3) is 0 Å². The number of esters is 1. The van der Waals surface area contributed by atoms with E-state index in [9.17, 15) is 4.79 Å². The van der Waals surface area contributed by atoms with Crippen molar-refractivity contribution in [1.29, 1.82) is 0 Å². The lowest BCUT2D eigenvalue weighted by Crippen LogP contribution is -2.05. The van der Waals surface area contributed by atoms with Crippen molar-refractivity contribution in [2.45, 2.75) is 13.0 Å². The molecule has 0 aromatic carbocycles. The molecule has 6 heteroatoms. The van der Waals surface area contributed by atoms with E-state index in [0.717, 1.165) is 10.6 Å². The number of nitrogens with two attached hydrogens (primary N) is 1. The summed E-state index contributed by atoms with van der Waals surface area (Å²) in [6.07, 6.45) is 3.49. The van der Waals surface area contributed by atoms with Gasteiger partial charge in [0.15, 0.2) is 0 Å². The molecule has 0 fully saturated rings. The number of methoxy groups -OCH3 is 1. The number of nitrogens with one attached hydrogen (secondary N) is 1. The highest BCUT2D eigenvalue weighted by Crippen LogP contribution is 2.32. The minimum Gasteiger partial charge on any atom is -0.465 e. The van der Waals surface area contributed by atoms with Crippen LogP contribution in [0.15, 0.2) is 30.6 Å². The molecule has 19 heavy (non-hydrogen) atoms. The first-order valence-corrected chi connectivity index (χ1v) is 6.57. The minimum absolute atomic E-state index is 0.103. The topological polar surface area (TPSA) is 77.2 Å². The zero-order chi connectivity index (χ0) is 13.8. The molecule has 0 aliphatic carbocycles. The fourth-order valence-corrected chi connectivity index (χ4v) is 2.66. The second kappa shape index (κ2) is 5.71. The molecule has 0 saturated heterocycles. The van der Waals surface area contributed by atoms with Crippen LogP contribution in [0.1, 0.15) is 28.2 Å². The zero-order valence-corrected chi connectivity index (χ0v) is 11.5. The fourth-order valence-electron chi connectivity index (χ4n) is 1.68. The maximum atomic E-state index is 11.5. The van der Waals surface area contributed by atoms with Gasteiger partial charge in [-0.05, 0) is 30.7 Å². The van der Waals surface area contributed by atoms with E-state index in [2.05, 4.69) is 15.0 Å². The summed E-state index contributed by atoms with van der Waals surface area (Å²) in [7, 11) is 1.34. The van der Waals surface area contributed by atoms with Gasteiger partial charge in [-0.1, -0.05) is 0 Å². The van der Waals surface area contributed by atoms with E-state index in [4.69, 9.17) is 5.73 Å². The summed E-state index contributed by atoms with van der Waals surface area (Å²) in [5.41, 5.74) is 7.34. The van der Waals surface area contributed by atoms with Gasteiger partial charge < -0.3 is 15.8 Å². The highest BCUT2D eigenvalue weighted by molar-refractivity contribution is 7.18. The molecule has 2 aromatic heterocycles. The molecule has 0 amide bonds. The third-order valence-corrected chi connectivity index (χ3v) is 3.76. The first-order chi connectivity index (χ1) is 9.11. The number of anilines is 2. The Kier molecular flexibility index (Phi) is 4.01. The first-order valence-electron chi connectivity index (χ1n) is 5.76. The van der Waals surface area contributed by atoms with Gasteiger partial charge in [-0.25, -0.2) is 4.79 Å². The van der Waals surface area contributed by atoms with Crippen LogP contribution in [-0.2, 0) is 4.74 Å². The summed E-state index contributed by atoms with van der Waals surface area (Å²) in [6, 6.07) is 5.73. The maximum Gasteiger partial charge on any atom is 0.350 e. The molecule has 2 aromatic rings. The molecular weight excluding hydrogens is 262 g/mol. The van der Waals surface area contributed by atoms with Crippen molar-refractivity contribution in [1.82, 2.24) is 4.98 Å². The SMILES string of the molecule is COC(=O)c1sc(NC(C)c2ccncc2)cc1N. The van der Waals surface area contributed by atoms with Gasteiger partial charge in [0.05, 0.1) is 17.8 Å². The predicted octanol–water partition coefficient (Wildman–Crippen LogP) is 2.69.